The first-order valence-corrected chi connectivity index (χ1v) is 7.18. The van der Waals surface area contributed by atoms with Crippen molar-refractivity contribution < 1.29 is 0 Å². The van der Waals surface area contributed by atoms with Crippen LogP contribution in [0, 0.1) is 0 Å². The van der Waals surface area contributed by atoms with E-state index in [0.29, 0.717) is 0 Å². The molecule has 0 saturated heterocycles. The van der Waals surface area contributed by atoms with E-state index in [1.165, 1.54) is 11.3 Å². The minimum atomic E-state index is 0.100. The first kappa shape index (κ1) is 14.5. The van der Waals surface area contributed by atoms with Gasteiger partial charge < -0.3 is 10.6 Å². The summed E-state index contributed by atoms with van der Waals surface area (Å²) in [4.78, 5) is 6.63. The van der Waals surface area contributed by atoms with Gasteiger partial charge in [0.25, 0.3) is 0 Å². The Labute approximate surface area is 121 Å². The maximum atomic E-state index is 6.20. The zero-order chi connectivity index (χ0) is 14.4. The van der Waals surface area contributed by atoms with E-state index in [1.54, 1.807) is 0 Å². The average molecular weight is 269 g/mol. The maximum Gasteiger partial charge on any atom is 0.0421 e. The van der Waals surface area contributed by atoms with Gasteiger partial charge in [0.2, 0.25) is 0 Å². The zero-order valence-corrected chi connectivity index (χ0v) is 12.3. The summed E-state index contributed by atoms with van der Waals surface area (Å²) >= 11 is 0. The van der Waals surface area contributed by atoms with Gasteiger partial charge in [0, 0.05) is 43.6 Å². The monoisotopic (exact) mass is 269 g/mol. The van der Waals surface area contributed by atoms with Gasteiger partial charge in [0.05, 0.1) is 0 Å². The van der Waals surface area contributed by atoms with Gasteiger partial charge in [-0.25, -0.2) is 0 Å². The van der Waals surface area contributed by atoms with Gasteiger partial charge in [0.1, 0.15) is 0 Å². The van der Waals surface area contributed by atoms with Crippen molar-refractivity contribution in [3.05, 3.63) is 59.9 Å². The van der Waals surface area contributed by atoms with Crippen LogP contribution in [0.2, 0.25) is 0 Å². The van der Waals surface area contributed by atoms with Crippen LogP contribution in [0.1, 0.15) is 30.6 Å². The van der Waals surface area contributed by atoms with Crippen molar-refractivity contribution in [1.82, 2.24) is 4.98 Å². The van der Waals surface area contributed by atoms with Crippen molar-refractivity contribution in [2.45, 2.75) is 25.8 Å². The summed E-state index contributed by atoms with van der Waals surface area (Å²) in [5.41, 5.74) is 9.76. The van der Waals surface area contributed by atoms with Crippen molar-refractivity contribution in [2.24, 2.45) is 5.73 Å². The molecule has 0 aliphatic carbocycles. The predicted octanol–water partition coefficient (Wildman–Crippen LogP) is 3.17. The van der Waals surface area contributed by atoms with E-state index >= 15 is 0 Å². The lowest BCUT2D eigenvalue weighted by Crippen LogP contribution is -2.23. The number of anilines is 1. The molecule has 0 saturated carbocycles. The topological polar surface area (TPSA) is 42.1 Å². The highest BCUT2D eigenvalue weighted by Crippen LogP contribution is 2.25. The van der Waals surface area contributed by atoms with Gasteiger partial charge in [-0.15, -0.1) is 0 Å². The summed E-state index contributed by atoms with van der Waals surface area (Å²) in [5, 5.41) is 0. The highest BCUT2D eigenvalue weighted by molar-refractivity contribution is 5.54. The number of para-hydroxylation sites is 1. The Morgan fingerprint density at radius 1 is 1.15 bits per heavy atom. The van der Waals surface area contributed by atoms with Crippen molar-refractivity contribution in [3.8, 4) is 0 Å². The summed E-state index contributed by atoms with van der Waals surface area (Å²) in [6, 6.07) is 14.5. The molecule has 0 bridgehead atoms. The Hall–Kier alpha value is -1.87. The second kappa shape index (κ2) is 7.06. The minimum absolute atomic E-state index is 0.100. The molecule has 3 nitrogen and oxygen atoms in total. The molecule has 0 unspecified atom stereocenters. The fourth-order valence-corrected chi connectivity index (χ4v) is 2.32. The van der Waals surface area contributed by atoms with Crippen LogP contribution in [0.5, 0.6) is 0 Å². The number of likely N-dealkylation sites (N-methyl/N-ethyl adjacent to an activating group) is 1. The van der Waals surface area contributed by atoms with Gasteiger partial charge >= 0.3 is 0 Å². The van der Waals surface area contributed by atoms with E-state index in [2.05, 4.69) is 54.2 Å². The minimum Gasteiger partial charge on any atom is -0.374 e. The van der Waals surface area contributed by atoms with E-state index in [9.17, 15) is 0 Å². The number of nitrogens with zero attached hydrogens (tertiary/aromatic N) is 2. The van der Waals surface area contributed by atoms with Crippen LogP contribution >= 0.6 is 0 Å². The number of nitrogens with two attached hydrogens (primary N) is 1. The summed E-state index contributed by atoms with van der Waals surface area (Å²) in [7, 11) is 2.12. The SMILES string of the molecule is CC[C@H](N)c1ccccc1N(C)CCc1ccccn1. The van der Waals surface area contributed by atoms with E-state index in [4.69, 9.17) is 5.73 Å². The lowest BCUT2D eigenvalue weighted by atomic mass is 10.0. The van der Waals surface area contributed by atoms with Gasteiger partial charge in [-0.3, -0.25) is 4.98 Å². The lowest BCUT2D eigenvalue weighted by molar-refractivity contribution is 0.693. The fraction of sp³-hybridized carbons (Fsp3) is 0.353. The highest BCUT2D eigenvalue weighted by atomic mass is 15.1. The van der Waals surface area contributed by atoms with E-state index < -0.39 is 0 Å². The van der Waals surface area contributed by atoms with E-state index in [0.717, 1.165) is 25.1 Å². The third-order valence-electron chi connectivity index (χ3n) is 3.62. The molecule has 0 spiro atoms. The molecule has 20 heavy (non-hydrogen) atoms. The van der Waals surface area contributed by atoms with Crippen LogP contribution in [0.15, 0.2) is 48.7 Å². The van der Waals surface area contributed by atoms with Gasteiger partial charge in [-0.1, -0.05) is 31.2 Å². The molecular formula is C17H23N3. The van der Waals surface area contributed by atoms with Crippen molar-refractivity contribution >= 4 is 5.69 Å². The van der Waals surface area contributed by atoms with Gasteiger partial charge in [-0.2, -0.15) is 0 Å². The smallest absolute Gasteiger partial charge is 0.0421 e. The van der Waals surface area contributed by atoms with Crippen molar-refractivity contribution in [2.75, 3.05) is 18.5 Å². The molecule has 2 N–H and O–H groups in total. The quantitative estimate of drug-likeness (QED) is 0.876. The second-order valence-electron chi connectivity index (χ2n) is 5.07. The number of rotatable bonds is 6. The van der Waals surface area contributed by atoms with Crippen LogP contribution in [0.4, 0.5) is 5.69 Å². The molecule has 0 fully saturated rings. The number of hydrogen-bond donors (Lipinski definition) is 1. The van der Waals surface area contributed by atoms with Gasteiger partial charge in [0.15, 0.2) is 0 Å². The fourth-order valence-electron chi connectivity index (χ4n) is 2.32. The number of hydrogen-bond acceptors (Lipinski definition) is 3. The first-order chi connectivity index (χ1) is 9.72. The van der Waals surface area contributed by atoms with Crippen LogP contribution in [-0.4, -0.2) is 18.6 Å². The third kappa shape index (κ3) is 3.58. The number of pyridine rings is 1. The van der Waals surface area contributed by atoms with E-state index in [1.807, 2.05) is 18.3 Å². The van der Waals surface area contributed by atoms with Gasteiger partial charge in [-0.05, 0) is 30.2 Å². The summed E-state index contributed by atoms with van der Waals surface area (Å²) in [6.07, 6.45) is 3.73. The van der Waals surface area contributed by atoms with E-state index in [-0.39, 0.29) is 6.04 Å². The molecule has 1 aromatic carbocycles. The highest BCUT2D eigenvalue weighted by Gasteiger charge is 2.12. The third-order valence-corrected chi connectivity index (χ3v) is 3.62. The molecule has 0 aliphatic rings. The van der Waals surface area contributed by atoms with Crippen LogP contribution in [0.3, 0.4) is 0 Å². The molecule has 3 heteroatoms. The summed E-state index contributed by atoms with van der Waals surface area (Å²) in [6.45, 7) is 3.06. The average Bonchev–Trinajstić information content (AvgIpc) is 2.52. The zero-order valence-electron chi connectivity index (χ0n) is 12.3. The summed E-state index contributed by atoms with van der Waals surface area (Å²) in [5.74, 6) is 0. The van der Waals surface area contributed by atoms with Crippen molar-refractivity contribution in [3.63, 3.8) is 0 Å². The molecule has 0 aliphatic heterocycles. The largest absolute Gasteiger partial charge is 0.374 e. The Bertz CT molecular complexity index is 525. The molecule has 2 rings (SSSR count). The van der Waals surface area contributed by atoms with Crippen LogP contribution in [-0.2, 0) is 6.42 Å². The Morgan fingerprint density at radius 3 is 2.60 bits per heavy atom. The second-order valence-corrected chi connectivity index (χ2v) is 5.07. The molecule has 1 atom stereocenters. The molecule has 106 valence electrons. The molecular weight excluding hydrogens is 246 g/mol. The molecule has 1 aromatic heterocycles. The number of benzene rings is 1. The first-order valence-electron chi connectivity index (χ1n) is 7.18. The normalized spacial score (nSPS) is 12.2. The Balaban J connectivity index is 2.07. The predicted molar refractivity (Wildman–Crippen MR) is 84.9 cm³/mol. The molecule has 0 radical (unpaired) electrons. The lowest BCUT2D eigenvalue weighted by Gasteiger charge is -2.24. The molecule has 1 heterocycles. The maximum absolute atomic E-state index is 6.20. The Kier molecular flexibility index (Phi) is 5.13. The van der Waals surface area contributed by atoms with Crippen molar-refractivity contribution in [1.29, 1.82) is 0 Å². The Morgan fingerprint density at radius 2 is 1.90 bits per heavy atom. The van der Waals surface area contributed by atoms with Crippen LogP contribution < -0.4 is 10.6 Å². The standard InChI is InChI=1S/C17H23N3/c1-3-16(18)15-9-4-5-10-17(15)20(2)13-11-14-8-6-7-12-19-14/h4-10,12,16H,3,11,13,18H2,1-2H3/t16-/m0/s1. The van der Waals surface area contributed by atoms with Crippen LogP contribution in [0.25, 0.3) is 0 Å². The molecule has 0 amide bonds. The number of aromatic nitrogens is 1. The molecule has 2 aromatic rings. The summed E-state index contributed by atoms with van der Waals surface area (Å²) < 4.78 is 0.